The third-order valence-corrected chi connectivity index (χ3v) is 3.75. The summed E-state index contributed by atoms with van der Waals surface area (Å²) in [5, 5.41) is 3.45. The Kier molecular flexibility index (Phi) is 3.45. The number of hydrogen-bond acceptors (Lipinski definition) is 1. The Labute approximate surface area is 121 Å². The zero-order valence-electron chi connectivity index (χ0n) is 10.6. The number of carbonyl (C=O) groups is 1. The summed E-state index contributed by atoms with van der Waals surface area (Å²) in [6.07, 6.45) is 0.804. The van der Waals surface area contributed by atoms with E-state index in [2.05, 4.69) is 5.32 Å². The minimum Gasteiger partial charge on any atom is -0.326 e. The molecule has 0 spiro atoms. The highest BCUT2D eigenvalue weighted by molar-refractivity contribution is 6.30. The Hall–Kier alpha value is -1.87. The quantitative estimate of drug-likeness (QED) is 0.900. The third-order valence-electron chi connectivity index (χ3n) is 3.52. The molecule has 20 heavy (non-hydrogen) atoms. The highest BCUT2D eigenvalue weighted by Crippen LogP contribution is 2.48. The van der Waals surface area contributed by atoms with Gasteiger partial charge in [0.05, 0.1) is 0 Å². The van der Waals surface area contributed by atoms with Crippen molar-refractivity contribution in [3.05, 3.63) is 64.9 Å². The number of halogens is 2. The van der Waals surface area contributed by atoms with Gasteiger partial charge in [0.15, 0.2) is 0 Å². The molecule has 4 heteroatoms. The second-order valence-corrected chi connectivity index (χ2v) is 5.44. The molecule has 1 aliphatic carbocycles. The molecular formula is C16H13ClFNO. The number of rotatable bonds is 3. The van der Waals surface area contributed by atoms with Crippen LogP contribution in [0.4, 0.5) is 10.1 Å². The molecular weight excluding hydrogens is 277 g/mol. The summed E-state index contributed by atoms with van der Waals surface area (Å²) in [5.74, 6) is -0.120. The van der Waals surface area contributed by atoms with Gasteiger partial charge in [0.1, 0.15) is 5.82 Å². The molecule has 3 rings (SSSR count). The van der Waals surface area contributed by atoms with Crippen molar-refractivity contribution in [2.75, 3.05) is 5.32 Å². The minimum absolute atomic E-state index is 0.0124. The fourth-order valence-electron chi connectivity index (χ4n) is 2.36. The predicted molar refractivity (Wildman–Crippen MR) is 77.3 cm³/mol. The SMILES string of the molecule is O=C(Nc1cccc(Cl)c1)C1CC1c1ccc(F)cc1. The van der Waals surface area contributed by atoms with Gasteiger partial charge >= 0.3 is 0 Å². The lowest BCUT2D eigenvalue weighted by Gasteiger charge is -2.05. The van der Waals surface area contributed by atoms with Crippen molar-refractivity contribution in [3.8, 4) is 0 Å². The molecule has 2 aromatic carbocycles. The van der Waals surface area contributed by atoms with Gasteiger partial charge in [-0.3, -0.25) is 4.79 Å². The van der Waals surface area contributed by atoms with E-state index in [0.717, 1.165) is 12.0 Å². The second-order valence-electron chi connectivity index (χ2n) is 5.00. The largest absolute Gasteiger partial charge is 0.326 e. The molecule has 0 saturated heterocycles. The summed E-state index contributed by atoms with van der Waals surface area (Å²) >= 11 is 5.88. The molecule has 1 fully saturated rings. The smallest absolute Gasteiger partial charge is 0.228 e. The first-order valence-corrected chi connectivity index (χ1v) is 6.83. The summed E-state index contributed by atoms with van der Waals surface area (Å²) in [6, 6.07) is 13.4. The molecule has 0 bridgehead atoms. The van der Waals surface area contributed by atoms with Crippen LogP contribution in [0, 0.1) is 11.7 Å². The van der Waals surface area contributed by atoms with Crippen LogP contribution in [0.15, 0.2) is 48.5 Å². The molecule has 102 valence electrons. The van der Waals surface area contributed by atoms with Crippen LogP contribution in [-0.2, 0) is 4.79 Å². The van der Waals surface area contributed by atoms with Crippen molar-refractivity contribution in [3.63, 3.8) is 0 Å². The zero-order chi connectivity index (χ0) is 14.1. The molecule has 0 heterocycles. The lowest BCUT2D eigenvalue weighted by molar-refractivity contribution is -0.117. The molecule has 2 unspecified atom stereocenters. The topological polar surface area (TPSA) is 29.1 Å². The van der Waals surface area contributed by atoms with E-state index in [0.29, 0.717) is 10.7 Å². The molecule has 2 nitrogen and oxygen atoms in total. The molecule has 2 atom stereocenters. The maximum Gasteiger partial charge on any atom is 0.228 e. The lowest BCUT2D eigenvalue weighted by atomic mass is 10.1. The van der Waals surface area contributed by atoms with Crippen molar-refractivity contribution in [1.29, 1.82) is 0 Å². The average Bonchev–Trinajstić information content (AvgIpc) is 3.20. The van der Waals surface area contributed by atoms with Crippen molar-refractivity contribution >= 4 is 23.2 Å². The van der Waals surface area contributed by atoms with Crippen LogP contribution < -0.4 is 5.32 Å². The maximum atomic E-state index is 12.9. The van der Waals surface area contributed by atoms with E-state index in [1.165, 1.54) is 12.1 Å². The van der Waals surface area contributed by atoms with Gasteiger partial charge < -0.3 is 5.32 Å². The van der Waals surface area contributed by atoms with Gasteiger partial charge in [0.2, 0.25) is 5.91 Å². The van der Waals surface area contributed by atoms with E-state index < -0.39 is 0 Å². The van der Waals surface area contributed by atoms with Gasteiger partial charge in [0.25, 0.3) is 0 Å². The van der Waals surface area contributed by atoms with E-state index in [-0.39, 0.29) is 23.6 Å². The fourth-order valence-corrected chi connectivity index (χ4v) is 2.55. The van der Waals surface area contributed by atoms with Crippen molar-refractivity contribution in [2.45, 2.75) is 12.3 Å². The molecule has 1 aliphatic rings. The predicted octanol–water partition coefficient (Wildman–Crippen LogP) is 4.22. The molecule has 2 aromatic rings. The summed E-state index contributed by atoms with van der Waals surface area (Å²) in [6.45, 7) is 0. The number of hydrogen-bond donors (Lipinski definition) is 1. The van der Waals surface area contributed by atoms with Gasteiger partial charge in [-0.15, -0.1) is 0 Å². The highest BCUT2D eigenvalue weighted by Gasteiger charge is 2.43. The highest BCUT2D eigenvalue weighted by atomic mass is 35.5. The Morgan fingerprint density at radius 1 is 1.20 bits per heavy atom. The fraction of sp³-hybridized carbons (Fsp3) is 0.188. The van der Waals surface area contributed by atoms with Crippen LogP contribution in [0.1, 0.15) is 17.9 Å². The van der Waals surface area contributed by atoms with Gasteiger partial charge in [0, 0.05) is 16.6 Å². The average molecular weight is 290 g/mol. The van der Waals surface area contributed by atoms with Crippen molar-refractivity contribution in [2.24, 2.45) is 5.92 Å². The van der Waals surface area contributed by atoms with Crippen molar-refractivity contribution < 1.29 is 9.18 Å². The van der Waals surface area contributed by atoms with Crippen LogP contribution in [0.2, 0.25) is 5.02 Å². The minimum atomic E-state index is -0.255. The van der Waals surface area contributed by atoms with Gasteiger partial charge in [-0.25, -0.2) is 4.39 Å². The van der Waals surface area contributed by atoms with E-state index in [4.69, 9.17) is 11.6 Å². The number of carbonyl (C=O) groups excluding carboxylic acids is 1. The summed E-state index contributed by atoms with van der Waals surface area (Å²) in [5.41, 5.74) is 1.71. The number of amides is 1. The molecule has 0 radical (unpaired) electrons. The first-order valence-electron chi connectivity index (χ1n) is 6.45. The van der Waals surface area contributed by atoms with Crippen LogP contribution in [0.25, 0.3) is 0 Å². The summed E-state index contributed by atoms with van der Waals surface area (Å²) in [4.78, 5) is 12.1. The van der Waals surface area contributed by atoms with E-state index in [1.807, 2.05) is 0 Å². The molecule has 1 amide bonds. The van der Waals surface area contributed by atoms with Crippen LogP contribution >= 0.6 is 11.6 Å². The van der Waals surface area contributed by atoms with Crippen LogP contribution in [0.3, 0.4) is 0 Å². The molecule has 0 aliphatic heterocycles. The third kappa shape index (κ3) is 2.83. The van der Waals surface area contributed by atoms with E-state index >= 15 is 0 Å². The zero-order valence-corrected chi connectivity index (χ0v) is 11.4. The van der Waals surface area contributed by atoms with E-state index in [9.17, 15) is 9.18 Å². The number of benzene rings is 2. The van der Waals surface area contributed by atoms with E-state index in [1.54, 1.807) is 36.4 Å². The number of anilines is 1. The van der Waals surface area contributed by atoms with Gasteiger partial charge in [-0.2, -0.15) is 0 Å². The normalized spacial score (nSPS) is 20.5. The summed E-state index contributed by atoms with van der Waals surface area (Å²) < 4.78 is 12.9. The standard InChI is InChI=1S/C16H13ClFNO/c17-11-2-1-3-13(8-11)19-16(20)15-9-14(15)10-4-6-12(18)7-5-10/h1-8,14-15H,9H2,(H,19,20). The van der Waals surface area contributed by atoms with Crippen LogP contribution in [0.5, 0.6) is 0 Å². The Bertz CT molecular complexity index is 641. The maximum absolute atomic E-state index is 12.9. The first kappa shape index (κ1) is 13.1. The molecule has 1 saturated carbocycles. The lowest BCUT2D eigenvalue weighted by Crippen LogP contribution is -2.14. The molecule has 0 aromatic heterocycles. The summed E-state index contributed by atoms with van der Waals surface area (Å²) in [7, 11) is 0. The first-order chi connectivity index (χ1) is 9.63. The number of nitrogens with one attached hydrogen (secondary N) is 1. The Morgan fingerprint density at radius 2 is 1.95 bits per heavy atom. The molecule has 1 N–H and O–H groups in total. The van der Waals surface area contributed by atoms with Crippen LogP contribution in [-0.4, -0.2) is 5.91 Å². The Balaban J connectivity index is 1.64. The van der Waals surface area contributed by atoms with Gasteiger partial charge in [-0.1, -0.05) is 29.8 Å². The Morgan fingerprint density at radius 3 is 2.65 bits per heavy atom. The monoisotopic (exact) mass is 289 g/mol. The second kappa shape index (κ2) is 5.25. The van der Waals surface area contributed by atoms with Crippen molar-refractivity contribution in [1.82, 2.24) is 0 Å². The van der Waals surface area contributed by atoms with Gasteiger partial charge in [-0.05, 0) is 48.2 Å².